The van der Waals surface area contributed by atoms with E-state index in [0.29, 0.717) is 18.1 Å². The number of hydrogen-bond acceptors (Lipinski definition) is 2. The van der Waals surface area contributed by atoms with Gasteiger partial charge in [0.05, 0.1) is 13.2 Å². The predicted molar refractivity (Wildman–Crippen MR) is 75.8 cm³/mol. The van der Waals surface area contributed by atoms with Crippen molar-refractivity contribution in [3.8, 4) is 0 Å². The van der Waals surface area contributed by atoms with Crippen LogP contribution in [-0.2, 0) is 17.9 Å². The number of aliphatic imine (C=N–C) groups is 1. The predicted octanol–water partition coefficient (Wildman–Crippen LogP) is 2.58. The molecule has 0 bridgehead atoms. The lowest BCUT2D eigenvalue weighted by Gasteiger charge is -2.08. The highest BCUT2D eigenvalue weighted by atomic mass is 19.4. The number of ether oxygens (including phenoxy) is 1. The van der Waals surface area contributed by atoms with Crippen molar-refractivity contribution in [2.24, 2.45) is 10.7 Å². The molecule has 0 atom stereocenters. The van der Waals surface area contributed by atoms with Crippen LogP contribution >= 0.6 is 0 Å². The maximum absolute atomic E-state index is 11.9. The molecule has 0 spiro atoms. The standard InChI is InChI=1S/C14H20F3N3O/c1-2-7-19-13(18)20-8-11-3-5-12(6-4-11)9-21-10-14(15,16)17/h3-6H,2,7-10H2,1H3,(H3,18,19,20). The molecular weight excluding hydrogens is 283 g/mol. The van der Waals surface area contributed by atoms with Crippen molar-refractivity contribution in [2.45, 2.75) is 32.7 Å². The van der Waals surface area contributed by atoms with E-state index in [9.17, 15) is 13.2 Å². The quantitative estimate of drug-likeness (QED) is 0.601. The van der Waals surface area contributed by atoms with E-state index in [4.69, 9.17) is 5.73 Å². The van der Waals surface area contributed by atoms with Crippen molar-refractivity contribution >= 4 is 5.96 Å². The van der Waals surface area contributed by atoms with Crippen molar-refractivity contribution in [3.05, 3.63) is 35.4 Å². The lowest BCUT2D eigenvalue weighted by Crippen LogP contribution is -2.32. The van der Waals surface area contributed by atoms with Gasteiger partial charge in [-0.2, -0.15) is 13.2 Å². The number of hydrogen-bond donors (Lipinski definition) is 2. The van der Waals surface area contributed by atoms with Gasteiger partial charge in [-0.25, -0.2) is 4.99 Å². The Morgan fingerprint density at radius 3 is 2.43 bits per heavy atom. The molecule has 0 aliphatic carbocycles. The smallest absolute Gasteiger partial charge is 0.370 e. The maximum atomic E-state index is 11.9. The van der Waals surface area contributed by atoms with E-state index >= 15 is 0 Å². The fraction of sp³-hybridized carbons (Fsp3) is 0.500. The summed E-state index contributed by atoms with van der Waals surface area (Å²) in [6.07, 6.45) is -3.33. The zero-order chi connectivity index (χ0) is 15.7. The Hall–Kier alpha value is -1.76. The fourth-order valence-electron chi connectivity index (χ4n) is 1.51. The van der Waals surface area contributed by atoms with Crippen LogP contribution in [-0.4, -0.2) is 25.3 Å². The molecule has 3 N–H and O–H groups in total. The summed E-state index contributed by atoms with van der Waals surface area (Å²) in [6.45, 7) is 1.92. The molecule has 0 aliphatic rings. The zero-order valence-corrected chi connectivity index (χ0v) is 11.9. The molecule has 1 rings (SSSR count). The number of rotatable bonds is 7. The molecule has 7 heteroatoms. The first kappa shape index (κ1) is 17.3. The first-order valence-corrected chi connectivity index (χ1v) is 6.67. The van der Waals surface area contributed by atoms with Gasteiger partial charge < -0.3 is 15.8 Å². The van der Waals surface area contributed by atoms with Gasteiger partial charge in [-0.3, -0.25) is 0 Å². The summed E-state index contributed by atoms with van der Waals surface area (Å²) in [5.74, 6) is 0.384. The van der Waals surface area contributed by atoms with Crippen LogP contribution in [0.3, 0.4) is 0 Å². The molecule has 4 nitrogen and oxygen atoms in total. The highest BCUT2D eigenvalue weighted by Gasteiger charge is 2.27. The molecule has 0 aliphatic heterocycles. The Balaban J connectivity index is 2.40. The molecule has 0 heterocycles. The van der Waals surface area contributed by atoms with Crippen molar-refractivity contribution in [3.63, 3.8) is 0 Å². The second-order valence-corrected chi connectivity index (χ2v) is 4.55. The van der Waals surface area contributed by atoms with E-state index in [1.165, 1.54) is 0 Å². The first-order chi connectivity index (χ1) is 9.90. The third kappa shape index (κ3) is 8.19. The monoisotopic (exact) mass is 303 g/mol. The Labute approximate surface area is 122 Å². The van der Waals surface area contributed by atoms with Crippen LogP contribution in [0.4, 0.5) is 13.2 Å². The number of nitrogens with one attached hydrogen (secondary N) is 1. The number of alkyl halides is 3. The highest BCUT2D eigenvalue weighted by molar-refractivity contribution is 5.77. The molecule has 0 saturated carbocycles. The number of benzene rings is 1. The third-order valence-electron chi connectivity index (χ3n) is 2.55. The summed E-state index contributed by atoms with van der Waals surface area (Å²) in [5, 5.41) is 2.96. The van der Waals surface area contributed by atoms with Gasteiger partial charge in [0.25, 0.3) is 0 Å². The summed E-state index contributed by atoms with van der Waals surface area (Å²) in [6, 6.07) is 7.03. The number of guanidine groups is 1. The molecule has 0 unspecified atom stereocenters. The second-order valence-electron chi connectivity index (χ2n) is 4.55. The van der Waals surface area contributed by atoms with Crippen LogP contribution in [0.2, 0.25) is 0 Å². The van der Waals surface area contributed by atoms with E-state index in [-0.39, 0.29) is 6.61 Å². The van der Waals surface area contributed by atoms with E-state index in [0.717, 1.165) is 18.5 Å². The first-order valence-electron chi connectivity index (χ1n) is 6.67. The third-order valence-corrected chi connectivity index (χ3v) is 2.55. The van der Waals surface area contributed by atoms with Gasteiger partial charge in [-0.05, 0) is 17.5 Å². The molecule has 0 radical (unpaired) electrons. The van der Waals surface area contributed by atoms with Crippen LogP contribution in [0.25, 0.3) is 0 Å². The lowest BCUT2D eigenvalue weighted by molar-refractivity contribution is -0.176. The number of nitrogens with two attached hydrogens (primary N) is 1. The summed E-state index contributed by atoms with van der Waals surface area (Å²) >= 11 is 0. The maximum Gasteiger partial charge on any atom is 0.411 e. The van der Waals surface area contributed by atoms with E-state index in [1.54, 1.807) is 24.3 Å². The van der Waals surface area contributed by atoms with Gasteiger partial charge in [0.2, 0.25) is 0 Å². The molecule has 1 aromatic carbocycles. The normalized spacial score (nSPS) is 12.5. The van der Waals surface area contributed by atoms with Crippen LogP contribution in [0.5, 0.6) is 0 Å². The average molecular weight is 303 g/mol. The topological polar surface area (TPSA) is 59.6 Å². The molecule has 0 fully saturated rings. The largest absolute Gasteiger partial charge is 0.411 e. The minimum absolute atomic E-state index is 0.0662. The van der Waals surface area contributed by atoms with Crippen LogP contribution in [0, 0.1) is 0 Å². The number of nitrogens with zero attached hydrogens (tertiary/aromatic N) is 1. The van der Waals surface area contributed by atoms with E-state index in [1.807, 2.05) is 6.92 Å². The van der Waals surface area contributed by atoms with Gasteiger partial charge in [-0.1, -0.05) is 31.2 Å². The Morgan fingerprint density at radius 1 is 1.24 bits per heavy atom. The number of halogens is 3. The van der Waals surface area contributed by atoms with Crippen molar-refractivity contribution in [1.29, 1.82) is 0 Å². The van der Waals surface area contributed by atoms with Gasteiger partial charge in [0, 0.05) is 6.54 Å². The minimum atomic E-state index is -4.29. The molecule has 21 heavy (non-hydrogen) atoms. The van der Waals surface area contributed by atoms with Crippen LogP contribution in [0.1, 0.15) is 24.5 Å². The SMILES string of the molecule is CCCNC(N)=NCc1ccc(COCC(F)(F)F)cc1. The summed E-state index contributed by atoms with van der Waals surface area (Å²) in [5.41, 5.74) is 7.27. The van der Waals surface area contributed by atoms with Crippen molar-refractivity contribution < 1.29 is 17.9 Å². The second kappa shape index (κ2) is 8.51. The van der Waals surface area contributed by atoms with Crippen LogP contribution < -0.4 is 11.1 Å². The molecule has 0 amide bonds. The van der Waals surface area contributed by atoms with Gasteiger partial charge >= 0.3 is 6.18 Å². The molecule has 1 aromatic rings. The minimum Gasteiger partial charge on any atom is -0.370 e. The summed E-state index contributed by atoms with van der Waals surface area (Å²) < 4.78 is 40.4. The van der Waals surface area contributed by atoms with Crippen LogP contribution in [0.15, 0.2) is 29.3 Å². The Bertz CT molecular complexity index is 444. The van der Waals surface area contributed by atoms with Gasteiger partial charge in [0.1, 0.15) is 6.61 Å². The molecule has 0 saturated heterocycles. The average Bonchev–Trinajstić information content (AvgIpc) is 2.43. The highest BCUT2D eigenvalue weighted by Crippen LogP contribution is 2.15. The van der Waals surface area contributed by atoms with Crippen molar-refractivity contribution in [1.82, 2.24) is 5.32 Å². The summed E-state index contributed by atoms with van der Waals surface area (Å²) in [7, 11) is 0. The Morgan fingerprint density at radius 2 is 1.86 bits per heavy atom. The molecule has 0 aromatic heterocycles. The fourth-order valence-corrected chi connectivity index (χ4v) is 1.51. The molecule has 118 valence electrons. The zero-order valence-electron chi connectivity index (χ0n) is 11.9. The van der Waals surface area contributed by atoms with Gasteiger partial charge in [0.15, 0.2) is 5.96 Å². The van der Waals surface area contributed by atoms with E-state index < -0.39 is 12.8 Å². The Kier molecular flexibility index (Phi) is 7.01. The van der Waals surface area contributed by atoms with Gasteiger partial charge in [-0.15, -0.1) is 0 Å². The van der Waals surface area contributed by atoms with E-state index in [2.05, 4.69) is 15.0 Å². The lowest BCUT2D eigenvalue weighted by atomic mass is 10.1. The summed E-state index contributed by atoms with van der Waals surface area (Å²) in [4.78, 5) is 4.16. The molecular formula is C14H20F3N3O. The van der Waals surface area contributed by atoms with Crippen molar-refractivity contribution in [2.75, 3.05) is 13.2 Å².